The summed E-state index contributed by atoms with van der Waals surface area (Å²) < 4.78 is 63.7. The molecule has 12 heteroatoms. The maximum absolute atomic E-state index is 13.1. The fourth-order valence-corrected chi connectivity index (χ4v) is 4.39. The van der Waals surface area contributed by atoms with E-state index in [1.54, 1.807) is 42.6 Å². The second-order valence-electron chi connectivity index (χ2n) is 7.61. The highest BCUT2D eigenvalue weighted by Crippen LogP contribution is 2.31. The molecule has 4 rings (SSSR count). The molecule has 2 aromatic heterocycles. The first-order valence-electron chi connectivity index (χ1n) is 10.0. The van der Waals surface area contributed by atoms with Crippen LogP contribution in [0.25, 0.3) is 16.9 Å². The van der Waals surface area contributed by atoms with Crippen molar-refractivity contribution in [3.63, 3.8) is 0 Å². The van der Waals surface area contributed by atoms with E-state index in [0.29, 0.717) is 16.3 Å². The number of alkyl halides is 3. The maximum Gasteiger partial charge on any atom is 0.501 e. The zero-order chi connectivity index (χ0) is 25.5. The summed E-state index contributed by atoms with van der Waals surface area (Å²) in [6, 6.07) is 14.1. The first kappa shape index (κ1) is 24.6. The van der Waals surface area contributed by atoms with Crippen molar-refractivity contribution in [2.45, 2.75) is 23.9 Å². The van der Waals surface area contributed by atoms with E-state index in [9.17, 15) is 31.5 Å². The molecular weight excluding hydrogens is 507 g/mol. The topological polar surface area (TPSA) is 94.2 Å². The van der Waals surface area contributed by atoms with Crippen LogP contribution < -0.4 is 5.69 Å². The van der Waals surface area contributed by atoms with Crippen molar-refractivity contribution in [3.05, 3.63) is 93.6 Å². The van der Waals surface area contributed by atoms with Gasteiger partial charge in [0.1, 0.15) is 0 Å². The van der Waals surface area contributed by atoms with Gasteiger partial charge in [-0.25, -0.2) is 17.8 Å². The smallest absolute Gasteiger partial charge is 0.493 e. The molecule has 35 heavy (non-hydrogen) atoms. The van der Waals surface area contributed by atoms with Crippen molar-refractivity contribution in [3.8, 4) is 22.8 Å². The molecule has 182 valence electrons. The van der Waals surface area contributed by atoms with Crippen molar-refractivity contribution < 1.29 is 26.7 Å². The molecule has 7 nitrogen and oxygen atoms in total. The van der Waals surface area contributed by atoms with E-state index in [-0.39, 0.29) is 17.9 Å². The maximum atomic E-state index is 13.1. The normalized spacial score (nSPS) is 12.1. The minimum absolute atomic E-state index is 0.00653. The van der Waals surface area contributed by atoms with Gasteiger partial charge in [-0.1, -0.05) is 23.7 Å². The van der Waals surface area contributed by atoms with Crippen molar-refractivity contribution in [1.29, 1.82) is 0 Å². The highest BCUT2D eigenvalue weighted by molar-refractivity contribution is 7.92. The minimum atomic E-state index is -5.54. The zero-order valence-corrected chi connectivity index (χ0v) is 19.6. The first-order valence-corrected chi connectivity index (χ1v) is 11.9. The predicted molar refractivity (Wildman–Crippen MR) is 123 cm³/mol. The lowest BCUT2D eigenvalue weighted by molar-refractivity contribution is -0.0436. The van der Waals surface area contributed by atoms with Crippen LogP contribution >= 0.6 is 11.6 Å². The van der Waals surface area contributed by atoms with Gasteiger partial charge in [-0.2, -0.15) is 13.2 Å². The molecule has 0 fully saturated rings. The minimum Gasteiger partial charge on any atom is -0.493 e. The number of rotatable bonds is 5. The molecule has 0 aliphatic heterocycles. The third-order valence-electron chi connectivity index (χ3n) is 5.38. The summed E-state index contributed by atoms with van der Waals surface area (Å²) in [6.45, 7) is 1.59. The summed E-state index contributed by atoms with van der Waals surface area (Å²) >= 11 is 5.93. The molecule has 0 saturated heterocycles. The van der Waals surface area contributed by atoms with Gasteiger partial charge in [-0.3, -0.25) is 9.55 Å². The molecule has 4 aromatic rings. The van der Waals surface area contributed by atoms with E-state index >= 15 is 0 Å². The quantitative estimate of drug-likeness (QED) is 0.409. The van der Waals surface area contributed by atoms with Crippen molar-refractivity contribution in [2.75, 3.05) is 0 Å². The Morgan fingerprint density at radius 3 is 2.26 bits per heavy atom. The molecule has 2 heterocycles. The summed E-state index contributed by atoms with van der Waals surface area (Å²) in [4.78, 5) is 16.4. The number of halogens is 4. The number of pyridine rings is 1. The SMILES string of the molecule is Cc1c(O)n(-c2ccc(S(=O)(=O)C(F)(F)F)cc2)c(=O)n1Cc1ccnc(-c2ccc(Cl)cc2)c1. The van der Waals surface area contributed by atoms with E-state index in [4.69, 9.17) is 11.6 Å². The fourth-order valence-electron chi connectivity index (χ4n) is 3.50. The Morgan fingerprint density at radius 1 is 1.03 bits per heavy atom. The van der Waals surface area contributed by atoms with Crippen LogP contribution in [0.3, 0.4) is 0 Å². The Labute approximate surface area is 202 Å². The lowest BCUT2D eigenvalue weighted by Crippen LogP contribution is -2.25. The molecule has 0 aliphatic rings. The number of aromatic hydroxyl groups is 1. The summed E-state index contributed by atoms with van der Waals surface area (Å²) in [6.07, 6.45) is 1.58. The third kappa shape index (κ3) is 4.56. The molecule has 0 radical (unpaired) electrons. The van der Waals surface area contributed by atoms with Crippen molar-refractivity contribution in [2.24, 2.45) is 0 Å². The lowest BCUT2D eigenvalue weighted by atomic mass is 10.1. The Balaban J connectivity index is 1.69. The number of hydrogen-bond acceptors (Lipinski definition) is 5. The Morgan fingerprint density at radius 2 is 1.66 bits per heavy atom. The Hall–Kier alpha value is -3.57. The molecule has 0 amide bonds. The Kier molecular flexibility index (Phi) is 6.24. The van der Waals surface area contributed by atoms with Crippen LogP contribution in [-0.4, -0.2) is 33.2 Å². The molecule has 0 atom stereocenters. The molecular formula is C23H17ClF3N3O4S. The predicted octanol–water partition coefficient (Wildman–Crippen LogP) is 4.71. The van der Waals surface area contributed by atoms with Gasteiger partial charge >= 0.3 is 11.2 Å². The molecule has 0 saturated carbocycles. The number of aromatic nitrogens is 3. The van der Waals surface area contributed by atoms with Crippen LogP contribution in [0, 0.1) is 6.92 Å². The van der Waals surface area contributed by atoms with Gasteiger partial charge in [0.25, 0.3) is 9.84 Å². The van der Waals surface area contributed by atoms with E-state index < -0.39 is 31.8 Å². The van der Waals surface area contributed by atoms with E-state index in [2.05, 4.69) is 4.98 Å². The van der Waals surface area contributed by atoms with E-state index in [1.165, 1.54) is 11.5 Å². The number of nitrogens with zero attached hydrogens (tertiary/aromatic N) is 3. The van der Waals surface area contributed by atoms with Gasteiger partial charge in [0.15, 0.2) is 0 Å². The van der Waals surface area contributed by atoms with Crippen LogP contribution in [0.5, 0.6) is 5.88 Å². The largest absolute Gasteiger partial charge is 0.501 e. The van der Waals surface area contributed by atoms with E-state index in [1.807, 2.05) is 0 Å². The van der Waals surface area contributed by atoms with Crippen molar-refractivity contribution >= 4 is 21.4 Å². The van der Waals surface area contributed by atoms with Crippen LogP contribution in [0.4, 0.5) is 13.2 Å². The number of benzene rings is 2. The van der Waals surface area contributed by atoms with E-state index in [0.717, 1.165) is 34.4 Å². The second-order valence-corrected chi connectivity index (χ2v) is 9.99. The standard InChI is InChI=1S/C23H17ClF3N3O4S/c1-14-21(31)30(18-6-8-19(9-7-18)35(33,34)23(25,26)27)22(32)29(14)13-15-10-11-28-20(12-15)16-2-4-17(24)5-3-16/h2-12,31H,13H2,1H3. The first-order chi connectivity index (χ1) is 16.4. The summed E-state index contributed by atoms with van der Waals surface area (Å²) in [5, 5.41) is 11.1. The van der Waals surface area contributed by atoms with Gasteiger partial charge < -0.3 is 5.11 Å². The van der Waals surface area contributed by atoms with Gasteiger partial charge in [-0.15, -0.1) is 0 Å². The Bertz CT molecular complexity index is 1560. The molecule has 1 N–H and O–H groups in total. The average Bonchev–Trinajstić information content (AvgIpc) is 3.02. The molecule has 0 aliphatic carbocycles. The number of imidazole rings is 1. The average molecular weight is 524 g/mol. The molecule has 2 aromatic carbocycles. The van der Waals surface area contributed by atoms with Crippen LogP contribution in [0.1, 0.15) is 11.3 Å². The van der Waals surface area contributed by atoms with Gasteiger partial charge in [0.05, 0.1) is 28.5 Å². The van der Waals surface area contributed by atoms with Gasteiger partial charge in [-0.05, 0) is 61.0 Å². The van der Waals surface area contributed by atoms with Crippen LogP contribution in [0.15, 0.2) is 76.6 Å². The fraction of sp³-hybridized carbons (Fsp3) is 0.130. The number of hydrogen-bond donors (Lipinski definition) is 1. The summed E-state index contributed by atoms with van der Waals surface area (Å²) in [5.74, 6) is -0.423. The van der Waals surface area contributed by atoms with Crippen LogP contribution in [0.2, 0.25) is 5.02 Å². The molecule has 0 bridgehead atoms. The number of sulfone groups is 1. The van der Waals surface area contributed by atoms with Crippen LogP contribution in [-0.2, 0) is 16.4 Å². The summed E-state index contributed by atoms with van der Waals surface area (Å²) in [7, 11) is -5.54. The second kappa shape index (κ2) is 8.90. The molecule has 0 unspecified atom stereocenters. The highest BCUT2D eigenvalue weighted by Gasteiger charge is 2.46. The highest BCUT2D eigenvalue weighted by atomic mass is 35.5. The van der Waals surface area contributed by atoms with Gasteiger partial charge in [0, 0.05) is 16.8 Å². The summed E-state index contributed by atoms with van der Waals surface area (Å²) in [5.41, 5.74) is -3.72. The zero-order valence-electron chi connectivity index (χ0n) is 18.0. The van der Waals surface area contributed by atoms with Gasteiger partial charge in [0.2, 0.25) is 5.88 Å². The monoisotopic (exact) mass is 523 g/mol. The third-order valence-corrected chi connectivity index (χ3v) is 7.13. The molecule has 0 spiro atoms. The lowest BCUT2D eigenvalue weighted by Gasteiger charge is -2.09. The van der Waals surface area contributed by atoms with Crippen molar-refractivity contribution in [1.82, 2.24) is 14.1 Å².